The summed E-state index contributed by atoms with van der Waals surface area (Å²) in [5.41, 5.74) is 5.19. The molecule has 0 fully saturated rings. The Kier molecular flexibility index (Phi) is 13.9. The molecule has 0 aliphatic rings. The van der Waals surface area contributed by atoms with Gasteiger partial charge in [-0.3, -0.25) is 9.59 Å². The van der Waals surface area contributed by atoms with Gasteiger partial charge < -0.3 is 15.9 Å². The van der Waals surface area contributed by atoms with Gasteiger partial charge in [-0.15, -0.1) is 0 Å². The van der Waals surface area contributed by atoms with Crippen molar-refractivity contribution in [2.45, 2.75) is 18.9 Å². The zero-order chi connectivity index (χ0) is 14.6. The summed E-state index contributed by atoms with van der Waals surface area (Å²) >= 11 is 3.07. The smallest absolute Gasteiger partial charge is 0.372 e. The molecule has 0 amide bonds. The first-order valence-electron chi connectivity index (χ1n) is 5.09. The van der Waals surface area contributed by atoms with Crippen molar-refractivity contribution < 1.29 is 24.6 Å². The van der Waals surface area contributed by atoms with Gasteiger partial charge in [0.1, 0.15) is 6.04 Å². The zero-order valence-corrected chi connectivity index (χ0v) is 12.1. The number of Topliss-reactive ketones (excluding diaryl/α,β-unsaturated/α-hetero) is 1. The molecule has 0 aromatic rings. The van der Waals surface area contributed by atoms with Crippen molar-refractivity contribution >= 4 is 41.2 Å². The Labute approximate surface area is 115 Å². The standard InChI is InChI=1S/C5H11NO2S.C5H8O3S/c2*1-9-3-2-4(6)5(7)8/h4H,2-3,6H2,1H3,(H,7,8);2-3H2,1H3,(H,7,8)/t4-;/m1./s1. The molecule has 0 spiro atoms. The van der Waals surface area contributed by atoms with Gasteiger partial charge in [0, 0.05) is 12.2 Å². The highest BCUT2D eigenvalue weighted by molar-refractivity contribution is 7.98. The molecule has 0 unspecified atom stereocenters. The van der Waals surface area contributed by atoms with Crippen molar-refractivity contribution in [3.05, 3.63) is 0 Å². The Hall–Kier alpha value is -0.730. The van der Waals surface area contributed by atoms with Gasteiger partial charge in [-0.05, 0) is 24.7 Å². The largest absolute Gasteiger partial charge is 0.480 e. The molecular formula is C10H19NO5S2. The van der Waals surface area contributed by atoms with Crippen molar-refractivity contribution in [2.24, 2.45) is 5.73 Å². The Balaban J connectivity index is 0. The summed E-state index contributed by atoms with van der Waals surface area (Å²) in [7, 11) is 0. The van der Waals surface area contributed by atoms with Crippen LogP contribution < -0.4 is 5.73 Å². The van der Waals surface area contributed by atoms with E-state index in [1.165, 1.54) is 11.8 Å². The molecule has 4 N–H and O–H groups in total. The van der Waals surface area contributed by atoms with E-state index in [1.807, 2.05) is 12.5 Å². The number of carbonyl (C=O) groups is 3. The summed E-state index contributed by atoms with van der Waals surface area (Å²) in [5, 5.41) is 16.3. The number of thioether (sulfide) groups is 2. The normalized spacial score (nSPS) is 11.1. The van der Waals surface area contributed by atoms with E-state index in [0.29, 0.717) is 12.2 Å². The molecule has 1 atom stereocenters. The topological polar surface area (TPSA) is 118 Å². The van der Waals surface area contributed by atoms with Crippen LogP contribution in [0.2, 0.25) is 0 Å². The lowest BCUT2D eigenvalue weighted by molar-refractivity contribution is -0.148. The van der Waals surface area contributed by atoms with Gasteiger partial charge >= 0.3 is 11.9 Å². The van der Waals surface area contributed by atoms with Crippen molar-refractivity contribution in [3.8, 4) is 0 Å². The fraction of sp³-hybridized carbons (Fsp3) is 0.700. The summed E-state index contributed by atoms with van der Waals surface area (Å²) in [6.45, 7) is 0. The van der Waals surface area contributed by atoms with Crippen LogP contribution in [0.1, 0.15) is 12.8 Å². The molecule has 8 heteroatoms. The first-order chi connectivity index (χ1) is 8.36. The SMILES string of the molecule is CSCCC(=O)C(=O)O.CSCC[C@@H](N)C(=O)O. The van der Waals surface area contributed by atoms with Crippen LogP contribution in [0.4, 0.5) is 0 Å². The third kappa shape index (κ3) is 13.3. The average molecular weight is 297 g/mol. The molecule has 0 aliphatic heterocycles. The van der Waals surface area contributed by atoms with Crippen LogP contribution in [0.3, 0.4) is 0 Å². The molecule has 106 valence electrons. The van der Waals surface area contributed by atoms with Gasteiger partial charge in [0.15, 0.2) is 0 Å². The first kappa shape index (κ1) is 19.6. The molecule has 0 aliphatic carbocycles. The van der Waals surface area contributed by atoms with Crippen molar-refractivity contribution in [2.75, 3.05) is 24.0 Å². The van der Waals surface area contributed by atoms with E-state index in [1.54, 1.807) is 11.8 Å². The molecule has 18 heavy (non-hydrogen) atoms. The minimum Gasteiger partial charge on any atom is -0.480 e. The fourth-order valence-corrected chi connectivity index (χ4v) is 1.55. The van der Waals surface area contributed by atoms with Crippen molar-refractivity contribution in [1.29, 1.82) is 0 Å². The average Bonchev–Trinajstić information content (AvgIpc) is 2.33. The second-order valence-corrected chi connectivity index (χ2v) is 5.17. The summed E-state index contributed by atoms with van der Waals surface area (Å²) in [6.07, 6.45) is 4.44. The van der Waals surface area contributed by atoms with Gasteiger partial charge in [-0.1, -0.05) is 0 Å². The molecule has 0 bridgehead atoms. The quantitative estimate of drug-likeness (QED) is 0.556. The van der Waals surface area contributed by atoms with E-state index < -0.39 is 23.8 Å². The Bertz CT molecular complexity index is 273. The third-order valence-corrected chi connectivity index (χ3v) is 2.98. The minimum atomic E-state index is -1.33. The number of aliphatic carboxylic acids is 2. The van der Waals surface area contributed by atoms with Gasteiger partial charge in [0.2, 0.25) is 5.78 Å². The van der Waals surface area contributed by atoms with E-state index in [0.717, 1.165) is 5.75 Å². The number of hydrogen-bond donors (Lipinski definition) is 3. The number of rotatable bonds is 8. The molecular weight excluding hydrogens is 278 g/mol. The summed E-state index contributed by atoms with van der Waals surface area (Å²) < 4.78 is 0. The highest BCUT2D eigenvalue weighted by Gasteiger charge is 2.09. The molecule has 6 nitrogen and oxygen atoms in total. The predicted molar refractivity (Wildman–Crippen MR) is 74.3 cm³/mol. The van der Waals surface area contributed by atoms with Gasteiger partial charge in [0.25, 0.3) is 0 Å². The molecule has 0 aromatic heterocycles. The van der Waals surface area contributed by atoms with E-state index in [2.05, 4.69) is 0 Å². The predicted octanol–water partition coefficient (Wildman–Crippen LogP) is 0.545. The monoisotopic (exact) mass is 297 g/mol. The van der Waals surface area contributed by atoms with Crippen LogP contribution in [0, 0.1) is 0 Å². The maximum Gasteiger partial charge on any atom is 0.372 e. The van der Waals surface area contributed by atoms with Gasteiger partial charge in [-0.25, -0.2) is 4.79 Å². The number of carboxylic acids is 2. The molecule has 0 radical (unpaired) electrons. The van der Waals surface area contributed by atoms with Gasteiger partial charge in [0.05, 0.1) is 0 Å². The van der Waals surface area contributed by atoms with Crippen LogP contribution in [0.5, 0.6) is 0 Å². The Morgan fingerprint density at radius 2 is 1.61 bits per heavy atom. The van der Waals surface area contributed by atoms with Crippen LogP contribution >= 0.6 is 23.5 Å². The summed E-state index contributed by atoms with van der Waals surface area (Å²) in [5.74, 6) is -1.55. The fourth-order valence-electron chi connectivity index (χ4n) is 0.670. The van der Waals surface area contributed by atoms with Crippen LogP contribution in [0.25, 0.3) is 0 Å². The lowest BCUT2D eigenvalue weighted by atomic mass is 10.2. The number of carbonyl (C=O) groups excluding carboxylic acids is 1. The number of ketones is 1. The third-order valence-electron chi connectivity index (χ3n) is 1.72. The van der Waals surface area contributed by atoms with Gasteiger partial charge in [-0.2, -0.15) is 23.5 Å². The molecule has 0 heterocycles. The van der Waals surface area contributed by atoms with Crippen molar-refractivity contribution in [3.63, 3.8) is 0 Å². The van der Waals surface area contributed by atoms with Crippen LogP contribution in [-0.2, 0) is 14.4 Å². The molecule has 0 saturated carbocycles. The Morgan fingerprint density at radius 1 is 1.11 bits per heavy atom. The first-order valence-corrected chi connectivity index (χ1v) is 7.87. The Morgan fingerprint density at radius 3 is 1.94 bits per heavy atom. The van der Waals surface area contributed by atoms with E-state index in [9.17, 15) is 14.4 Å². The van der Waals surface area contributed by atoms with E-state index >= 15 is 0 Å². The second-order valence-electron chi connectivity index (χ2n) is 3.20. The minimum absolute atomic E-state index is 0.135. The number of carboxylic acid groups (broad SMARTS) is 2. The maximum absolute atomic E-state index is 10.3. The van der Waals surface area contributed by atoms with E-state index in [4.69, 9.17) is 15.9 Å². The highest BCUT2D eigenvalue weighted by atomic mass is 32.2. The second kappa shape index (κ2) is 12.7. The lowest BCUT2D eigenvalue weighted by Gasteiger charge is -2.02. The van der Waals surface area contributed by atoms with Crippen LogP contribution in [-0.4, -0.2) is 58.0 Å². The highest BCUT2D eigenvalue weighted by Crippen LogP contribution is 1.97. The summed E-state index contributed by atoms with van der Waals surface area (Å²) in [6, 6.07) is -0.683. The number of hydrogen-bond acceptors (Lipinski definition) is 6. The molecule has 0 rings (SSSR count). The van der Waals surface area contributed by atoms with Crippen molar-refractivity contribution in [1.82, 2.24) is 0 Å². The zero-order valence-electron chi connectivity index (χ0n) is 10.4. The lowest BCUT2D eigenvalue weighted by Crippen LogP contribution is -2.30. The van der Waals surface area contributed by atoms with E-state index in [-0.39, 0.29) is 6.42 Å². The number of nitrogens with two attached hydrogens (primary N) is 1. The maximum atomic E-state index is 10.3. The summed E-state index contributed by atoms with van der Waals surface area (Å²) in [4.78, 5) is 30.2. The molecule has 0 aromatic carbocycles. The van der Waals surface area contributed by atoms with Crippen LogP contribution in [0.15, 0.2) is 0 Å². The molecule has 0 saturated heterocycles.